The first-order valence-electron chi connectivity index (χ1n) is 7.91. The molecule has 2 aliphatic rings. The second-order valence-electron chi connectivity index (χ2n) is 6.35. The number of likely N-dealkylation sites (N-methyl/N-ethyl adjacent to an activating group) is 1. The van der Waals surface area contributed by atoms with Crippen molar-refractivity contribution >= 4 is 17.2 Å². The lowest BCUT2D eigenvalue weighted by Crippen LogP contribution is -2.58. The van der Waals surface area contributed by atoms with E-state index in [-0.39, 0.29) is 0 Å². The van der Waals surface area contributed by atoms with E-state index in [0.29, 0.717) is 6.04 Å². The van der Waals surface area contributed by atoms with E-state index in [1.165, 1.54) is 29.0 Å². The summed E-state index contributed by atoms with van der Waals surface area (Å²) in [5, 5.41) is 9.94. The predicted molar refractivity (Wildman–Crippen MR) is 88.4 cm³/mol. The molecule has 0 amide bonds. The van der Waals surface area contributed by atoms with E-state index < -0.39 is 0 Å². The maximum absolute atomic E-state index is 4.40. The molecule has 0 aromatic carbocycles. The molecule has 0 bridgehead atoms. The van der Waals surface area contributed by atoms with Crippen molar-refractivity contribution in [3.05, 3.63) is 33.4 Å². The first kappa shape index (κ1) is 14.1. The molecule has 0 N–H and O–H groups in total. The maximum atomic E-state index is 4.40. The van der Waals surface area contributed by atoms with Gasteiger partial charge in [-0.15, -0.1) is 16.4 Å². The lowest BCUT2D eigenvalue weighted by molar-refractivity contribution is 0.198. The Kier molecular flexibility index (Phi) is 3.58. The summed E-state index contributed by atoms with van der Waals surface area (Å²) in [6.07, 6.45) is 5.49. The minimum atomic E-state index is 0.595. The third kappa shape index (κ3) is 2.61. The second kappa shape index (κ2) is 5.59. The van der Waals surface area contributed by atoms with Gasteiger partial charge in [0.2, 0.25) is 0 Å². The zero-order chi connectivity index (χ0) is 15.1. The highest BCUT2D eigenvalue weighted by Crippen LogP contribution is 2.27. The van der Waals surface area contributed by atoms with E-state index in [9.17, 15) is 0 Å². The van der Waals surface area contributed by atoms with Crippen molar-refractivity contribution in [2.24, 2.45) is 0 Å². The van der Waals surface area contributed by atoms with Crippen LogP contribution in [0.5, 0.6) is 0 Å². The summed E-state index contributed by atoms with van der Waals surface area (Å²) >= 11 is 1.79. The second-order valence-corrected chi connectivity index (χ2v) is 7.67. The number of thiazole rings is 1. The number of rotatable bonds is 4. The van der Waals surface area contributed by atoms with Crippen LogP contribution in [0.15, 0.2) is 12.3 Å². The van der Waals surface area contributed by atoms with E-state index in [4.69, 9.17) is 0 Å². The van der Waals surface area contributed by atoms with Crippen LogP contribution in [0.4, 0.5) is 5.82 Å². The highest BCUT2D eigenvalue weighted by atomic mass is 32.1. The van der Waals surface area contributed by atoms with Crippen LogP contribution in [0.2, 0.25) is 0 Å². The van der Waals surface area contributed by atoms with Gasteiger partial charge in [0.15, 0.2) is 5.82 Å². The molecule has 1 saturated heterocycles. The zero-order valence-corrected chi connectivity index (χ0v) is 13.9. The van der Waals surface area contributed by atoms with Crippen molar-refractivity contribution in [1.82, 2.24) is 20.1 Å². The van der Waals surface area contributed by atoms with Gasteiger partial charge in [-0.1, -0.05) is 0 Å². The van der Waals surface area contributed by atoms with Crippen LogP contribution in [0.1, 0.15) is 27.6 Å². The van der Waals surface area contributed by atoms with Gasteiger partial charge in [-0.05, 0) is 44.9 Å². The van der Waals surface area contributed by atoms with Gasteiger partial charge in [-0.3, -0.25) is 4.90 Å². The number of nitrogens with zero attached hydrogens (tertiary/aromatic N) is 5. The lowest BCUT2D eigenvalue weighted by Gasteiger charge is -2.44. The molecule has 22 heavy (non-hydrogen) atoms. The fourth-order valence-corrected chi connectivity index (χ4v) is 4.10. The lowest BCUT2D eigenvalue weighted by atomic mass is 10.1. The molecule has 1 aliphatic heterocycles. The molecular formula is C16H21N5S. The number of anilines is 1. The first-order chi connectivity index (χ1) is 10.7. The van der Waals surface area contributed by atoms with Crippen molar-refractivity contribution in [3.8, 4) is 0 Å². The molecule has 4 rings (SSSR count). The summed E-state index contributed by atoms with van der Waals surface area (Å²) in [5.74, 6) is 1.05. The Morgan fingerprint density at radius 1 is 1.32 bits per heavy atom. The first-order valence-corrected chi connectivity index (χ1v) is 8.72. The number of aryl methyl sites for hydroxylation is 3. The van der Waals surface area contributed by atoms with Crippen molar-refractivity contribution in [1.29, 1.82) is 0 Å². The average molecular weight is 315 g/mol. The molecular weight excluding hydrogens is 294 g/mol. The fourth-order valence-electron chi connectivity index (χ4n) is 3.25. The van der Waals surface area contributed by atoms with Gasteiger partial charge in [0.1, 0.15) is 0 Å². The molecule has 0 radical (unpaired) electrons. The Balaban J connectivity index is 1.35. The SMILES string of the molecule is Cc1ncc(CN(C)C2CN(c3cc4c(nn3)CCC4)C2)s1. The summed E-state index contributed by atoms with van der Waals surface area (Å²) in [6, 6.07) is 2.84. The molecule has 116 valence electrons. The van der Waals surface area contributed by atoms with Crippen molar-refractivity contribution in [3.63, 3.8) is 0 Å². The molecule has 1 fully saturated rings. The molecule has 5 nitrogen and oxygen atoms in total. The van der Waals surface area contributed by atoms with Crippen LogP contribution in [0, 0.1) is 6.92 Å². The van der Waals surface area contributed by atoms with Crippen LogP contribution >= 0.6 is 11.3 Å². The highest BCUT2D eigenvalue weighted by Gasteiger charge is 2.31. The van der Waals surface area contributed by atoms with Crippen LogP contribution in [0.3, 0.4) is 0 Å². The van der Waals surface area contributed by atoms with E-state index in [1.807, 2.05) is 6.20 Å². The van der Waals surface area contributed by atoms with E-state index >= 15 is 0 Å². The predicted octanol–water partition coefficient (Wildman–Crippen LogP) is 2.05. The Hall–Kier alpha value is -1.53. The maximum Gasteiger partial charge on any atom is 0.151 e. The van der Waals surface area contributed by atoms with Gasteiger partial charge >= 0.3 is 0 Å². The third-order valence-corrected chi connectivity index (χ3v) is 5.59. The highest BCUT2D eigenvalue weighted by molar-refractivity contribution is 7.11. The largest absolute Gasteiger partial charge is 0.352 e. The van der Waals surface area contributed by atoms with Crippen molar-refractivity contribution in [2.75, 3.05) is 25.0 Å². The van der Waals surface area contributed by atoms with Gasteiger partial charge in [-0.2, -0.15) is 5.10 Å². The number of fused-ring (bicyclic) bond motifs is 1. The molecule has 0 unspecified atom stereocenters. The topological polar surface area (TPSA) is 45.2 Å². The van der Waals surface area contributed by atoms with Crippen molar-refractivity contribution < 1.29 is 0 Å². The number of aromatic nitrogens is 3. The minimum Gasteiger partial charge on any atom is -0.352 e. The summed E-state index contributed by atoms with van der Waals surface area (Å²) in [7, 11) is 2.20. The number of hydrogen-bond acceptors (Lipinski definition) is 6. The summed E-state index contributed by atoms with van der Waals surface area (Å²) in [6.45, 7) is 5.13. The Morgan fingerprint density at radius 3 is 2.95 bits per heavy atom. The van der Waals surface area contributed by atoms with Gasteiger partial charge in [0, 0.05) is 36.8 Å². The molecule has 3 heterocycles. The quantitative estimate of drug-likeness (QED) is 0.864. The fraction of sp³-hybridized carbons (Fsp3) is 0.562. The van der Waals surface area contributed by atoms with Gasteiger partial charge in [-0.25, -0.2) is 4.98 Å². The molecule has 2 aromatic heterocycles. The Morgan fingerprint density at radius 2 is 2.18 bits per heavy atom. The summed E-state index contributed by atoms with van der Waals surface area (Å²) in [4.78, 5) is 10.4. The van der Waals surface area contributed by atoms with Gasteiger partial charge in [0.05, 0.1) is 10.7 Å². The van der Waals surface area contributed by atoms with Gasteiger partial charge in [0.25, 0.3) is 0 Å². The molecule has 2 aromatic rings. The van der Waals surface area contributed by atoms with E-state index in [0.717, 1.165) is 36.9 Å². The zero-order valence-electron chi connectivity index (χ0n) is 13.1. The minimum absolute atomic E-state index is 0.595. The Labute approximate surface area is 135 Å². The normalized spacial score (nSPS) is 17.9. The molecule has 1 aliphatic carbocycles. The van der Waals surface area contributed by atoms with Gasteiger partial charge < -0.3 is 4.90 Å². The average Bonchev–Trinajstić information content (AvgIpc) is 3.05. The molecule has 0 spiro atoms. The molecule has 6 heteroatoms. The van der Waals surface area contributed by atoms with Crippen LogP contribution < -0.4 is 4.90 Å². The van der Waals surface area contributed by atoms with Crippen molar-refractivity contribution in [2.45, 2.75) is 38.8 Å². The summed E-state index contributed by atoms with van der Waals surface area (Å²) < 4.78 is 0. The van der Waals surface area contributed by atoms with E-state index in [1.54, 1.807) is 11.3 Å². The summed E-state index contributed by atoms with van der Waals surface area (Å²) in [5.41, 5.74) is 2.61. The third-order valence-electron chi connectivity index (χ3n) is 4.69. The Bertz CT molecular complexity index is 677. The van der Waals surface area contributed by atoms with E-state index in [2.05, 4.69) is 45.0 Å². The molecule has 0 atom stereocenters. The van der Waals surface area contributed by atoms with Crippen LogP contribution in [-0.4, -0.2) is 46.3 Å². The smallest absolute Gasteiger partial charge is 0.151 e. The standard InChI is InChI=1S/C16H21N5S/c1-11-17-7-14(22-11)10-20(2)13-8-21(9-13)16-6-12-4-3-5-15(12)18-19-16/h6-7,13H,3-5,8-10H2,1-2H3. The van der Waals surface area contributed by atoms with Crippen LogP contribution in [-0.2, 0) is 19.4 Å². The number of hydrogen-bond donors (Lipinski definition) is 0. The monoisotopic (exact) mass is 315 g/mol. The van der Waals surface area contributed by atoms with Crippen LogP contribution in [0.25, 0.3) is 0 Å². The molecule has 0 saturated carbocycles.